The molecule has 0 aromatic heterocycles. The monoisotopic (exact) mass is 693 g/mol. The predicted molar refractivity (Wildman–Crippen MR) is 179 cm³/mol. The van der Waals surface area contributed by atoms with Crippen molar-refractivity contribution < 1.29 is 22.4 Å². The summed E-state index contributed by atoms with van der Waals surface area (Å²) in [4.78, 5) is 29.5. The molecule has 2 amide bonds. The van der Waals surface area contributed by atoms with E-state index in [1.54, 1.807) is 12.1 Å². The lowest BCUT2D eigenvalue weighted by Crippen LogP contribution is -2.53. The quantitative estimate of drug-likeness (QED) is 0.173. The maximum atomic E-state index is 15.2. The largest absolute Gasteiger partial charge is 0.354 e. The normalized spacial score (nSPS) is 12.0. The molecule has 1 atom stereocenters. The van der Waals surface area contributed by atoms with E-state index in [2.05, 4.69) is 21.2 Å². The maximum absolute atomic E-state index is 15.2. The molecule has 0 heterocycles. The summed E-state index contributed by atoms with van der Waals surface area (Å²) in [5.41, 5.74) is 2.15. The number of halogens is 2. The summed E-state index contributed by atoms with van der Waals surface area (Å²) in [5.74, 6) is -1.65. The Bertz CT molecular complexity index is 1700. The molecule has 0 spiro atoms. The average Bonchev–Trinajstić information content (AvgIpc) is 3.02. The summed E-state index contributed by atoms with van der Waals surface area (Å²) >= 11 is 3.43. The van der Waals surface area contributed by atoms with Crippen molar-refractivity contribution in [2.24, 2.45) is 5.92 Å². The lowest BCUT2D eigenvalue weighted by Gasteiger charge is -2.34. The first-order valence-corrected chi connectivity index (χ1v) is 16.9. The van der Waals surface area contributed by atoms with Crippen LogP contribution in [0.4, 0.5) is 10.1 Å². The van der Waals surface area contributed by atoms with Gasteiger partial charge in [-0.25, -0.2) is 12.8 Å². The molecular weight excluding hydrogens is 657 g/mol. The second-order valence-electron chi connectivity index (χ2n) is 11.3. The van der Waals surface area contributed by atoms with Crippen molar-refractivity contribution in [3.63, 3.8) is 0 Å². The highest BCUT2D eigenvalue weighted by molar-refractivity contribution is 9.10. The molecule has 0 aliphatic heterocycles. The molecule has 0 bridgehead atoms. The van der Waals surface area contributed by atoms with Gasteiger partial charge in [-0.05, 0) is 60.4 Å². The molecule has 10 heteroatoms. The van der Waals surface area contributed by atoms with E-state index in [1.165, 1.54) is 35.2 Å². The summed E-state index contributed by atoms with van der Waals surface area (Å²) in [7, 11) is -4.39. The van der Waals surface area contributed by atoms with E-state index in [9.17, 15) is 18.0 Å². The van der Waals surface area contributed by atoms with E-state index in [-0.39, 0.29) is 35.4 Å². The number of anilines is 1. The summed E-state index contributed by atoms with van der Waals surface area (Å²) in [6.07, 6.45) is 0.192. The standard InChI is InChI=1S/C35H37BrFN3O4S/c1-25(2)22-38-35(42)33(21-27-9-5-4-6-10-27)39(23-28-15-17-29(36)18-16-28)34(41)24-40(32-12-8-7-11-31(32)37)45(43,44)30-19-13-26(3)14-20-30/h4-20,25,33H,21-24H2,1-3H3,(H,38,42)/t33-/m0/s1. The Kier molecular flexibility index (Phi) is 11.5. The summed E-state index contributed by atoms with van der Waals surface area (Å²) in [6.45, 7) is 5.46. The summed E-state index contributed by atoms with van der Waals surface area (Å²) < 4.78 is 44.9. The number of sulfonamides is 1. The van der Waals surface area contributed by atoms with E-state index in [0.29, 0.717) is 6.54 Å². The van der Waals surface area contributed by atoms with Gasteiger partial charge >= 0.3 is 0 Å². The van der Waals surface area contributed by atoms with E-state index < -0.39 is 34.3 Å². The molecule has 7 nitrogen and oxygen atoms in total. The van der Waals surface area contributed by atoms with Gasteiger partial charge in [-0.2, -0.15) is 0 Å². The first-order chi connectivity index (χ1) is 21.5. The van der Waals surface area contributed by atoms with Gasteiger partial charge in [0.2, 0.25) is 11.8 Å². The van der Waals surface area contributed by atoms with Crippen LogP contribution >= 0.6 is 15.9 Å². The van der Waals surface area contributed by atoms with Gasteiger partial charge in [-0.15, -0.1) is 0 Å². The van der Waals surface area contributed by atoms with Crippen LogP contribution in [0, 0.1) is 18.7 Å². The number of para-hydroxylation sites is 1. The van der Waals surface area contributed by atoms with Crippen LogP contribution in [0.25, 0.3) is 0 Å². The Morgan fingerprint density at radius 3 is 2.09 bits per heavy atom. The number of nitrogens with one attached hydrogen (secondary N) is 1. The predicted octanol–water partition coefficient (Wildman–Crippen LogP) is 6.50. The molecule has 0 fully saturated rings. The van der Waals surface area contributed by atoms with E-state index in [1.807, 2.05) is 75.4 Å². The fourth-order valence-corrected chi connectivity index (χ4v) is 6.45. The number of hydrogen-bond acceptors (Lipinski definition) is 4. The highest BCUT2D eigenvalue weighted by Crippen LogP contribution is 2.27. The minimum atomic E-state index is -4.39. The molecule has 1 N–H and O–H groups in total. The molecule has 0 aliphatic carbocycles. The van der Waals surface area contributed by atoms with E-state index in [4.69, 9.17) is 0 Å². The second-order valence-corrected chi connectivity index (χ2v) is 14.0. The zero-order chi connectivity index (χ0) is 32.6. The summed E-state index contributed by atoms with van der Waals surface area (Å²) in [6, 6.07) is 27.2. The van der Waals surface area contributed by atoms with Crippen LogP contribution in [0.1, 0.15) is 30.5 Å². The summed E-state index contributed by atoms with van der Waals surface area (Å²) in [5, 5.41) is 2.96. The van der Waals surface area contributed by atoms with Crippen molar-refractivity contribution in [3.8, 4) is 0 Å². The molecule has 0 unspecified atom stereocenters. The van der Waals surface area contributed by atoms with Crippen LogP contribution in [0.15, 0.2) is 112 Å². The van der Waals surface area contributed by atoms with E-state index >= 15 is 4.39 Å². The third-order valence-electron chi connectivity index (χ3n) is 7.23. The number of rotatable bonds is 13. The van der Waals surface area contributed by atoms with Gasteiger partial charge in [0.15, 0.2) is 0 Å². The zero-order valence-corrected chi connectivity index (χ0v) is 27.9. The zero-order valence-electron chi connectivity index (χ0n) is 25.5. The first-order valence-electron chi connectivity index (χ1n) is 14.6. The van der Waals surface area contributed by atoms with Gasteiger partial charge < -0.3 is 10.2 Å². The average molecular weight is 695 g/mol. The minimum absolute atomic E-state index is 0.0222. The fraction of sp³-hybridized carbons (Fsp3) is 0.257. The van der Waals surface area contributed by atoms with E-state index in [0.717, 1.165) is 31.5 Å². The van der Waals surface area contributed by atoms with Crippen molar-refractivity contribution >= 4 is 43.5 Å². The Balaban J connectivity index is 1.80. The number of aryl methyl sites for hydroxylation is 1. The third kappa shape index (κ3) is 9.02. The van der Waals surface area contributed by atoms with Crippen LogP contribution in [-0.2, 0) is 32.6 Å². The van der Waals surface area contributed by atoms with Gasteiger partial charge in [0.25, 0.3) is 10.0 Å². The number of hydrogen-bond donors (Lipinski definition) is 1. The highest BCUT2D eigenvalue weighted by Gasteiger charge is 2.35. The van der Waals surface area contributed by atoms with Gasteiger partial charge in [0, 0.05) is 24.0 Å². The van der Waals surface area contributed by atoms with Crippen molar-refractivity contribution in [2.75, 3.05) is 17.4 Å². The number of carbonyl (C=O) groups excluding carboxylic acids is 2. The number of amides is 2. The van der Waals surface area contributed by atoms with Crippen molar-refractivity contribution in [1.29, 1.82) is 0 Å². The highest BCUT2D eigenvalue weighted by atomic mass is 79.9. The first kappa shape index (κ1) is 33.9. The molecule has 0 aliphatic rings. The number of benzene rings is 4. The topological polar surface area (TPSA) is 86.8 Å². The molecule has 0 saturated heterocycles. The molecular formula is C35H37BrFN3O4S. The van der Waals surface area contributed by atoms with Crippen LogP contribution < -0.4 is 9.62 Å². The van der Waals surface area contributed by atoms with Gasteiger partial charge in [-0.1, -0.05) is 102 Å². The fourth-order valence-electron chi connectivity index (χ4n) is 4.77. The van der Waals surface area contributed by atoms with Crippen molar-refractivity contribution in [3.05, 3.63) is 130 Å². The Morgan fingerprint density at radius 1 is 0.844 bits per heavy atom. The second kappa shape index (κ2) is 15.3. The Hall–Kier alpha value is -4.02. The van der Waals surface area contributed by atoms with Crippen LogP contribution in [0.2, 0.25) is 0 Å². The number of nitrogens with zero attached hydrogens (tertiary/aromatic N) is 2. The van der Waals surface area contributed by atoms with Crippen molar-refractivity contribution in [1.82, 2.24) is 10.2 Å². The molecule has 236 valence electrons. The smallest absolute Gasteiger partial charge is 0.264 e. The molecule has 0 saturated carbocycles. The molecule has 4 aromatic rings. The lowest BCUT2D eigenvalue weighted by molar-refractivity contribution is -0.140. The van der Waals surface area contributed by atoms with Crippen molar-refractivity contribution in [2.45, 2.75) is 44.7 Å². The minimum Gasteiger partial charge on any atom is -0.354 e. The Labute approximate surface area is 273 Å². The third-order valence-corrected chi connectivity index (χ3v) is 9.53. The van der Waals surface area contributed by atoms with Gasteiger partial charge in [0.1, 0.15) is 18.4 Å². The van der Waals surface area contributed by atoms with Gasteiger partial charge in [0.05, 0.1) is 10.6 Å². The van der Waals surface area contributed by atoms with Gasteiger partial charge in [-0.3, -0.25) is 13.9 Å². The van der Waals surface area contributed by atoms with Crippen LogP contribution in [0.3, 0.4) is 0 Å². The van der Waals surface area contributed by atoms with Crippen LogP contribution in [-0.4, -0.2) is 44.3 Å². The molecule has 0 radical (unpaired) electrons. The number of carbonyl (C=O) groups is 2. The maximum Gasteiger partial charge on any atom is 0.264 e. The molecule has 45 heavy (non-hydrogen) atoms. The SMILES string of the molecule is Cc1ccc(S(=O)(=O)N(CC(=O)N(Cc2ccc(Br)cc2)[C@@H](Cc2ccccc2)C(=O)NCC(C)C)c2ccccc2F)cc1. The molecule has 4 aromatic carbocycles. The lowest BCUT2D eigenvalue weighted by atomic mass is 10.0. The van der Waals surface area contributed by atoms with Crippen LogP contribution in [0.5, 0.6) is 0 Å². The molecule has 4 rings (SSSR count). The Morgan fingerprint density at radius 2 is 1.47 bits per heavy atom.